The predicted molar refractivity (Wildman–Crippen MR) is 106 cm³/mol. The van der Waals surface area contributed by atoms with Gasteiger partial charge in [-0.15, -0.1) is 21.5 Å². The number of nitrogens with zero attached hydrogens (tertiary/aromatic N) is 2. The summed E-state index contributed by atoms with van der Waals surface area (Å²) in [5.41, 5.74) is 2.16. The van der Waals surface area contributed by atoms with Crippen LogP contribution in [0.1, 0.15) is 17.4 Å². The van der Waals surface area contributed by atoms with E-state index in [1.807, 2.05) is 55.6 Å². The highest BCUT2D eigenvalue weighted by Crippen LogP contribution is 2.31. The Kier molecular flexibility index (Phi) is 6.06. The van der Waals surface area contributed by atoms with Crippen LogP contribution in [0.5, 0.6) is 0 Å². The zero-order valence-corrected chi connectivity index (χ0v) is 16.3. The Morgan fingerprint density at radius 3 is 2.84 bits per heavy atom. The minimum absolute atomic E-state index is 0.00186. The third kappa shape index (κ3) is 5.04. The van der Waals surface area contributed by atoms with E-state index in [4.69, 9.17) is 0 Å². The van der Waals surface area contributed by atoms with Crippen molar-refractivity contribution in [1.82, 2.24) is 15.5 Å². The maximum Gasteiger partial charge on any atom is 0.233 e. The summed E-state index contributed by atoms with van der Waals surface area (Å²) in [5.74, 6) is 0.00186. The van der Waals surface area contributed by atoms with Crippen molar-refractivity contribution in [3.8, 4) is 0 Å². The zero-order chi connectivity index (χ0) is 17.6. The monoisotopic (exact) mass is 390 g/mol. The van der Waals surface area contributed by atoms with Crippen molar-refractivity contribution in [2.75, 3.05) is 5.32 Å². The van der Waals surface area contributed by atoms with E-state index in [-0.39, 0.29) is 11.2 Å². The van der Waals surface area contributed by atoms with Crippen molar-refractivity contribution in [3.05, 3.63) is 52.2 Å². The van der Waals surface area contributed by atoms with Gasteiger partial charge < -0.3 is 10.6 Å². The smallest absolute Gasteiger partial charge is 0.233 e. The van der Waals surface area contributed by atoms with Gasteiger partial charge in [-0.2, -0.15) is 0 Å². The maximum atomic E-state index is 12.2. The second kappa shape index (κ2) is 8.46. The van der Waals surface area contributed by atoms with Crippen LogP contribution in [-0.2, 0) is 11.3 Å². The molecule has 0 fully saturated rings. The summed E-state index contributed by atoms with van der Waals surface area (Å²) in [5, 5.41) is 17.1. The van der Waals surface area contributed by atoms with Crippen LogP contribution in [0.15, 0.2) is 46.1 Å². The van der Waals surface area contributed by atoms with Crippen molar-refractivity contribution >= 4 is 51.2 Å². The number of rotatable bonds is 7. The Labute approximate surface area is 158 Å². The molecule has 0 aliphatic rings. The summed E-state index contributed by atoms with van der Waals surface area (Å²) >= 11 is 4.51. The van der Waals surface area contributed by atoms with Crippen LogP contribution in [0.25, 0.3) is 0 Å². The van der Waals surface area contributed by atoms with Crippen molar-refractivity contribution in [2.24, 2.45) is 0 Å². The third-order valence-electron chi connectivity index (χ3n) is 3.46. The molecule has 0 aliphatic heterocycles. The van der Waals surface area contributed by atoms with Gasteiger partial charge in [0.1, 0.15) is 0 Å². The molecule has 0 aliphatic carbocycles. The lowest BCUT2D eigenvalue weighted by atomic mass is 10.2. The number of nitrogens with one attached hydrogen (secondary N) is 2. The summed E-state index contributed by atoms with van der Waals surface area (Å²) in [6, 6.07) is 12.0. The number of thiophene rings is 1. The summed E-state index contributed by atoms with van der Waals surface area (Å²) in [6.07, 6.45) is 0. The van der Waals surface area contributed by atoms with Gasteiger partial charge in [-0.25, -0.2) is 0 Å². The second-order valence-electron chi connectivity index (χ2n) is 5.37. The first-order valence-electron chi connectivity index (χ1n) is 7.75. The van der Waals surface area contributed by atoms with Crippen LogP contribution in [-0.4, -0.2) is 21.4 Å². The molecule has 0 bridgehead atoms. The average Bonchev–Trinajstić information content (AvgIpc) is 3.27. The average molecular weight is 391 g/mol. The van der Waals surface area contributed by atoms with Gasteiger partial charge in [-0.3, -0.25) is 4.79 Å². The number of anilines is 2. The van der Waals surface area contributed by atoms with Gasteiger partial charge in [0, 0.05) is 10.6 Å². The van der Waals surface area contributed by atoms with E-state index < -0.39 is 0 Å². The topological polar surface area (TPSA) is 66.9 Å². The van der Waals surface area contributed by atoms with Crippen LogP contribution < -0.4 is 10.6 Å². The van der Waals surface area contributed by atoms with Crippen molar-refractivity contribution in [1.29, 1.82) is 0 Å². The van der Waals surface area contributed by atoms with E-state index >= 15 is 0 Å². The number of carbonyl (C=O) groups excluding carboxylic acids is 1. The van der Waals surface area contributed by atoms with Gasteiger partial charge >= 0.3 is 0 Å². The molecule has 1 amide bonds. The van der Waals surface area contributed by atoms with E-state index in [9.17, 15) is 4.79 Å². The number of aryl methyl sites for hydroxylation is 1. The molecular weight excluding hydrogens is 372 g/mol. The number of carbonyl (C=O) groups is 1. The first-order chi connectivity index (χ1) is 12.1. The number of thioether (sulfide) groups is 1. The van der Waals surface area contributed by atoms with Gasteiger partial charge in [-0.1, -0.05) is 47.4 Å². The summed E-state index contributed by atoms with van der Waals surface area (Å²) < 4.78 is 0.773. The molecule has 130 valence electrons. The number of amides is 1. The fourth-order valence-corrected chi connectivity index (χ4v) is 4.65. The molecule has 1 aromatic carbocycles. The first-order valence-corrected chi connectivity index (χ1v) is 10.3. The van der Waals surface area contributed by atoms with E-state index in [0.717, 1.165) is 25.6 Å². The molecule has 25 heavy (non-hydrogen) atoms. The molecular formula is C17H18N4OS3. The Bertz CT molecular complexity index is 832. The van der Waals surface area contributed by atoms with E-state index in [1.165, 1.54) is 23.1 Å². The zero-order valence-electron chi connectivity index (χ0n) is 13.9. The first kappa shape index (κ1) is 17.9. The third-order valence-corrected chi connectivity index (χ3v) is 6.36. The molecule has 8 heteroatoms. The Morgan fingerprint density at radius 1 is 1.24 bits per heavy atom. The SMILES string of the molecule is Cc1ccccc1Nc1nnc(S[C@H](C)C(=O)NCc2cccs2)s1. The van der Waals surface area contributed by atoms with Crippen LogP contribution in [0.4, 0.5) is 10.8 Å². The Balaban J connectivity index is 1.53. The molecule has 3 rings (SSSR count). The van der Waals surface area contributed by atoms with E-state index in [0.29, 0.717) is 6.54 Å². The molecule has 2 N–H and O–H groups in total. The largest absolute Gasteiger partial charge is 0.350 e. The highest BCUT2D eigenvalue weighted by molar-refractivity contribution is 8.02. The van der Waals surface area contributed by atoms with Crippen molar-refractivity contribution < 1.29 is 4.79 Å². The minimum Gasteiger partial charge on any atom is -0.350 e. The lowest BCUT2D eigenvalue weighted by molar-refractivity contribution is -0.120. The molecule has 2 heterocycles. The quantitative estimate of drug-likeness (QED) is 0.584. The maximum absolute atomic E-state index is 12.2. The van der Waals surface area contributed by atoms with Crippen molar-refractivity contribution in [2.45, 2.75) is 30.0 Å². The molecule has 0 saturated carbocycles. The molecule has 5 nitrogen and oxygen atoms in total. The van der Waals surface area contributed by atoms with E-state index in [1.54, 1.807) is 11.3 Å². The number of hydrogen-bond donors (Lipinski definition) is 2. The Hall–Kier alpha value is -1.90. The van der Waals surface area contributed by atoms with Crippen LogP contribution >= 0.6 is 34.4 Å². The molecule has 2 aromatic heterocycles. The highest BCUT2D eigenvalue weighted by Gasteiger charge is 2.17. The summed E-state index contributed by atoms with van der Waals surface area (Å²) in [4.78, 5) is 13.3. The molecule has 3 aromatic rings. The van der Waals surface area contributed by atoms with Gasteiger partial charge in [0.05, 0.1) is 11.8 Å². The van der Waals surface area contributed by atoms with Crippen LogP contribution in [0.2, 0.25) is 0 Å². The number of aromatic nitrogens is 2. The van der Waals surface area contributed by atoms with Gasteiger partial charge in [0.25, 0.3) is 0 Å². The molecule has 0 radical (unpaired) electrons. The lowest BCUT2D eigenvalue weighted by Crippen LogP contribution is -2.30. The number of hydrogen-bond acceptors (Lipinski definition) is 7. The molecule has 0 saturated heterocycles. The van der Waals surface area contributed by atoms with Crippen LogP contribution in [0, 0.1) is 6.92 Å². The molecule has 1 atom stereocenters. The molecule has 0 unspecified atom stereocenters. The van der Waals surface area contributed by atoms with Crippen LogP contribution in [0.3, 0.4) is 0 Å². The summed E-state index contributed by atoms with van der Waals surface area (Å²) in [6.45, 7) is 4.49. The highest BCUT2D eigenvalue weighted by atomic mass is 32.2. The second-order valence-corrected chi connectivity index (χ2v) is 8.97. The lowest BCUT2D eigenvalue weighted by Gasteiger charge is -2.09. The van der Waals surface area contributed by atoms with Gasteiger partial charge in [0.2, 0.25) is 11.0 Å². The summed E-state index contributed by atoms with van der Waals surface area (Å²) in [7, 11) is 0. The Morgan fingerprint density at radius 2 is 2.08 bits per heavy atom. The standard InChI is InChI=1S/C17H18N4OS3/c1-11-6-3-4-8-14(11)19-16-20-21-17(25-16)24-12(2)15(22)18-10-13-7-5-9-23-13/h3-9,12H,10H2,1-2H3,(H,18,22)(H,19,20)/t12-/m1/s1. The van der Waals surface area contributed by atoms with Gasteiger partial charge in [0.15, 0.2) is 4.34 Å². The molecule has 0 spiro atoms. The number of para-hydroxylation sites is 1. The normalized spacial score (nSPS) is 11.9. The predicted octanol–water partition coefficient (Wildman–Crippen LogP) is 4.45. The fourth-order valence-electron chi connectivity index (χ4n) is 2.07. The number of benzene rings is 1. The van der Waals surface area contributed by atoms with E-state index in [2.05, 4.69) is 20.8 Å². The van der Waals surface area contributed by atoms with Crippen molar-refractivity contribution in [3.63, 3.8) is 0 Å². The minimum atomic E-state index is -0.223. The van der Waals surface area contributed by atoms with Gasteiger partial charge in [-0.05, 0) is 36.9 Å². The fraction of sp³-hybridized carbons (Fsp3) is 0.235.